The van der Waals surface area contributed by atoms with E-state index in [0.717, 1.165) is 4.88 Å². The third-order valence-electron chi connectivity index (χ3n) is 2.59. The van der Waals surface area contributed by atoms with Crippen LogP contribution in [0.15, 0.2) is 16.3 Å². The van der Waals surface area contributed by atoms with Crippen LogP contribution >= 0.6 is 11.3 Å². The van der Waals surface area contributed by atoms with Crippen LogP contribution in [0, 0.1) is 0 Å². The van der Waals surface area contributed by atoms with Crippen LogP contribution in [0.25, 0.3) is 0 Å². The second-order valence-electron chi connectivity index (χ2n) is 4.12. The summed E-state index contributed by atoms with van der Waals surface area (Å²) < 4.78 is 26.4. The van der Waals surface area contributed by atoms with Gasteiger partial charge >= 0.3 is 0 Å². The second kappa shape index (κ2) is 5.92. The van der Waals surface area contributed by atoms with Gasteiger partial charge in [0.25, 0.3) is 0 Å². The van der Waals surface area contributed by atoms with Crippen molar-refractivity contribution in [3.05, 3.63) is 16.3 Å². The van der Waals surface area contributed by atoms with Crippen LogP contribution in [0.5, 0.6) is 0 Å². The fraction of sp³-hybridized carbons (Fsp3) is 0.600. The Balaban J connectivity index is 2.69. The summed E-state index contributed by atoms with van der Waals surface area (Å²) in [5, 5.41) is 1.62. The summed E-state index contributed by atoms with van der Waals surface area (Å²) in [6, 6.07) is 1.77. The molecule has 1 aromatic heterocycles. The van der Waals surface area contributed by atoms with Crippen molar-refractivity contribution in [2.75, 3.05) is 20.6 Å². The second-order valence-corrected chi connectivity index (χ2v) is 6.88. The highest BCUT2D eigenvalue weighted by atomic mass is 32.2. The highest BCUT2D eigenvalue weighted by Crippen LogP contribution is 2.18. The van der Waals surface area contributed by atoms with Gasteiger partial charge in [-0.3, -0.25) is 0 Å². The van der Waals surface area contributed by atoms with Crippen molar-refractivity contribution in [2.24, 2.45) is 5.73 Å². The van der Waals surface area contributed by atoms with E-state index in [9.17, 15) is 8.42 Å². The first-order valence-corrected chi connectivity index (χ1v) is 7.66. The van der Waals surface area contributed by atoms with E-state index in [4.69, 9.17) is 5.73 Å². The Bertz CT molecular complexity index is 454. The van der Waals surface area contributed by atoms with E-state index >= 15 is 0 Å². The highest BCUT2D eigenvalue weighted by molar-refractivity contribution is 7.89. The molecule has 0 fully saturated rings. The van der Waals surface area contributed by atoms with Crippen LogP contribution in [-0.4, -0.2) is 40.0 Å². The van der Waals surface area contributed by atoms with Crippen LogP contribution in [0.2, 0.25) is 0 Å². The lowest BCUT2D eigenvalue weighted by molar-refractivity contribution is 0.314. The Morgan fingerprint density at radius 3 is 2.65 bits per heavy atom. The van der Waals surface area contributed by atoms with Gasteiger partial charge in [-0.1, -0.05) is 0 Å². The molecule has 17 heavy (non-hydrogen) atoms. The number of sulfonamides is 1. The number of nitrogens with two attached hydrogens (primary N) is 1. The van der Waals surface area contributed by atoms with Crippen LogP contribution in [0.4, 0.5) is 0 Å². The Kier molecular flexibility index (Phi) is 5.08. The minimum Gasteiger partial charge on any atom is -0.326 e. The largest absolute Gasteiger partial charge is 0.326 e. The quantitative estimate of drug-likeness (QED) is 0.791. The molecule has 0 spiro atoms. The summed E-state index contributed by atoms with van der Waals surface area (Å²) in [6.07, 6.45) is 0. The standard InChI is InChI=1S/C10H19N3O2S2/c1-8(13(2)3)6-12-17(14,15)10-4-9(5-11)16-7-10/h4,7-8,12H,5-6,11H2,1-3H3. The number of rotatable bonds is 6. The van der Waals surface area contributed by atoms with E-state index in [0.29, 0.717) is 18.0 Å². The lowest BCUT2D eigenvalue weighted by Gasteiger charge is -2.19. The average molecular weight is 277 g/mol. The molecule has 0 aliphatic heterocycles. The molecule has 0 bridgehead atoms. The molecule has 0 aliphatic rings. The van der Waals surface area contributed by atoms with Crippen molar-refractivity contribution in [3.8, 4) is 0 Å². The van der Waals surface area contributed by atoms with Crippen LogP contribution < -0.4 is 10.5 Å². The van der Waals surface area contributed by atoms with Gasteiger partial charge < -0.3 is 10.6 Å². The maximum absolute atomic E-state index is 11.9. The number of nitrogens with zero attached hydrogens (tertiary/aromatic N) is 1. The Hall–Kier alpha value is -0.470. The molecule has 7 heteroatoms. The zero-order chi connectivity index (χ0) is 13.1. The first-order chi connectivity index (χ1) is 7.86. The van der Waals surface area contributed by atoms with Gasteiger partial charge in [-0.25, -0.2) is 13.1 Å². The van der Waals surface area contributed by atoms with Gasteiger partial charge in [0, 0.05) is 29.4 Å². The molecule has 1 atom stereocenters. The van der Waals surface area contributed by atoms with E-state index in [1.165, 1.54) is 11.3 Å². The highest BCUT2D eigenvalue weighted by Gasteiger charge is 2.17. The van der Waals surface area contributed by atoms with E-state index in [1.54, 1.807) is 11.4 Å². The molecule has 1 aromatic rings. The van der Waals surface area contributed by atoms with Crippen LogP contribution in [0.3, 0.4) is 0 Å². The summed E-state index contributed by atoms with van der Waals surface area (Å²) >= 11 is 1.36. The molecule has 0 amide bonds. The third-order valence-corrected chi connectivity index (χ3v) is 5.10. The number of nitrogens with one attached hydrogen (secondary N) is 1. The summed E-state index contributed by atoms with van der Waals surface area (Å²) in [4.78, 5) is 3.13. The zero-order valence-electron chi connectivity index (χ0n) is 10.3. The van der Waals surface area contributed by atoms with Crippen LogP contribution in [0.1, 0.15) is 11.8 Å². The van der Waals surface area contributed by atoms with Crippen LogP contribution in [-0.2, 0) is 16.6 Å². The lowest BCUT2D eigenvalue weighted by atomic mass is 10.3. The molecule has 3 N–H and O–H groups in total. The smallest absolute Gasteiger partial charge is 0.241 e. The van der Waals surface area contributed by atoms with Gasteiger partial charge in [0.15, 0.2) is 0 Å². The maximum atomic E-state index is 11.9. The molecular formula is C10H19N3O2S2. The van der Waals surface area contributed by atoms with Crippen molar-refractivity contribution < 1.29 is 8.42 Å². The van der Waals surface area contributed by atoms with Gasteiger partial charge in [-0.05, 0) is 27.1 Å². The van der Waals surface area contributed by atoms with Gasteiger partial charge in [0.2, 0.25) is 10.0 Å². The van der Waals surface area contributed by atoms with Gasteiger partial charge in [-0.15, -0.1) is 11.3 Å². The third kappa shape index (κ3) is 4.04. The SMILES string of the molecule is CC(CNS(=O)(=O)c1csc(CN)c1)N(C)C. The van der Waals surface area contributed by atoms with Gasteiger partial charge in [-0.2, -0.15) is 0 Å². The van der Waals surface area contributed by atoms with Crippen molar-refractivity contribution >= 4 is 21.4 Å². The topological polar surface area (TPSA) is 75.4 Å². The van der Waals surface area contributed by atoms with Crippen molar-refractivity contribution in [3.63, 3.8) is 0 Å². The molecular weight excluding hydrogens is 258 g/mol. The first-order valence-electron chi connectivity index (χ1n) is 5.30. The molecule has 98 valence electrons. The molecule has 0 saturated carbocycles. The normalized spacial score (nSPS) is 14.2. The summed E-state index contributed by atoms with van der Waals surface area (Å²) in [7, 11) is 0.426. The molecule has 0 radical (unpaired) electrons. The summed E-state index contributed by atoms with van der Waals surface area (Å²) in [5.74, 6) is 0. The zero-order valence-corrected chi connectivity index (χ0v) is 11.9. The minimum absolute atomic E-state index is 0.150. The Morgan fingerprint density at radius 1 is 1.53 bits per heavy atom. The van der Waals surface area contributed by atoms with E-state index in [-0.39, 0.29) is 6.04 Å². The molecule has 0 saturated heterocycles. The Labute approximate surface area is 107 Å². The van der Waals surface area contributed by atoms with E-state index < -0.39 is 10.0 Å². The fourth-order valence-corrected chi connectivity index (χ4v) is 3.38. The molecule has 1 unspecified atom stereocenters. The van der Waals surface area contributed by atoms with Gasteiger partial charge in [0.1, 0.15) is 0 Å². The number of hydrogen-bond acceptors (Lipinski definition) is 5. The molecule has 0 aliphatic carbocycles. The van der Waals surface area contributed by atoms with Crippen molar-refractivity contribution in [2.45, 2.75) is 24.4 Å². The molecule has 1 rings (SSSR count). The van der Waals surface area contributed by atoms with E-state index in [1.807, 2.05) is 25.9 Å². The Morgan fingerprint density at radius 2 is 2.18 bits per heavy atom. The molecule has 5 nitrogen and oxygen atoms in total. The van der Waals surface area contributed by atoms with E-state index in [2.05, 4.69) is 4.72 Å². The molecule has 0 aromatic carbocycles. The minimum atomic E-state index is -3.40. The van der Waals surface area contributed by atoms with Crippen molar-refractivity contribution in [1.29, 1.82) is 0 Å². The lowest BCUT2D eigenvalue weighted by Crippen LogP contribution is -2.38. The summed E-state index contributed by atoms with van der Waals surface area (Å²) in [5.41, 5.74) is 5.46. The summed E-state index contributed by atoms with van der Waals surface area (Å²) in [6.45, 7) is 2.72. The fourth-order valence-electron chi connectivity index (χ4n) is 1.10. The number of likely N-dealkylation sites (N-methyl/N-ethyl adjacent to an activating group) is 1. The monoisotopic (exact) mass is 277 g/mol. The van der Waals surface area contributed by atoms with Crippen molar-refractivity contribution in [1.82, 2.24) is 9.62 Å². The molecule has 1 heterocycles. The first kappa shape index (κ1) is 14.6. The number of hydrogen-bond donors (Lipinski definition) is 2. The number of thiophene rings is 1. The average Bonchev–Trinajstić information content (AvgIpc) is 2.75. The maximum Gasteiger partial charge on any atom is 0.241 e. The predicted octanol–water partition coefficient (Wildman–Crippen LogP) is 0.435. The van der Waals surface area contributed by atoms with Gasteiger partial charge in [0.05, 0.1) is 4.90 Å². The predicted molar refractivity (Wildman–Crippen MR) is 70.5 cm³/mol.